The molecule has 3 nitrogen and oxygen atoms in total. The lowest BCUT2D eigenvalue weighted by molar-refractivity contribution is 0.636. The van der Waals surface area contributed by atoms with Crippen molar-refractivity contribution in [3.63, 3.8) is 0 Å². The third-order valence-corrected chi connectivity index (χ3v) is 4.87. The molecule has 1 fully saturated rings. The normalized spacial score (nSPS) is 19.7. The predicted molar refractivity (Wildman–Crippen MR) is 80.2 cm³/mol. The van der Waals surface area contributed by atoms with Crippen LogP contribution in [0.5, 0.6) is 0 Å². The summed E-state index contributed by atoms with van der Waals surface area (Å²) in [5, 5.41) is 0. The van der Waals surface area contributed by atoms with E-state index >= 15 is 0 Å². The Bertz CT molecular complexity index is 418. The standard InChI is InChI=1S/C14H23N3S/c1-11-8-13(12(9-15)10-16-11)17-5-4-14(2,3)18-7-6-17/h8,10H,4-7,9,15H2,1-3H3. The zero-order chi connectivity index (χ0) is 13.2. The van der Waals surface area contributed by atoms with Gasteiger partial charge >= 0.3 is 0 Å². The zero-order valence-electron chi connectivity index (χ0n) is 11.6. The highest BCUT2D eigenvalue weighted by atomic mass is 32.2. The molecule has 1 aliphatic heterocycles. The lowest BCUT2D eigenvalue weighted by Crippen LogP contribution is -2.28. The van der Waals surface area contributed by atoms with Crippen LogP contribution in [-0.2, 0) is 6.54 Å². The van der Waals surface area contributed by atoms with E-state index in [-0.39, 0.29) is 0 Å². The topological polar surface area (TPSA) is 42.1 Å². The molecule has 0 amide bonds. The molecule has 0 spiro atoms. The Labute approximate surface area is 114 Å². The summed E-state index contributed by atoms with van der Waals surface area (Å²) in [6.45, 7) is 9.49. The summed E-state index contributed by atoms with van der Waals surface area (Å²) in [6, 6.07) is 2.17. The zero-order valence-corrected chi connectivity index (χ0v) is 12.4. The molecule has 18 heavy (non-hydrogen) atoms. The van der Waals surface area contributed by atoms with Crippen LogP contribution >= 0.6 is 11.8 Å². The average Bonchev–Trinajstić information content (AvgIpc) is 2.50. The number of aromatic nitrogens is 1. The molecule has 1 aromatic rings. The lowest BCUT2D eigenvalue weighted by atomic mass is 10.1. The fraction of sp³-hybridized carbons (Fsp3) is 0.643. The Morgan fingerprint density at radius 3 is 2.94 bits per heavy atom. The second kappa shape index (κ2) is 5.49. The summed E-state index contributed by atoms with van der Waals surface area (Å²) >= 11 is 2.07. The van der Waals surface area contributed by atoms with Crippen LogP contribution in [0.1, 0.15) is 31.5 Å². The number of pyridine rings is 1. The maximum absolute atomic E-state index is 5.83. The number of thioether (sulfide) groups is 1. The summed E-state index contributed by atoms with van der Waals surface area (Å²) in [5.41, 5.74) is 9.33. The molecule has 1 aromatic heterocycles. The Balaban J connectivity index is 2.23. The van der Waals surface area contributed by atoms with Gasteiger partial charge in [-0.2, -0.15) is 11.8 Å². The number of nitrogens with two attached hydrogens (primary N) is 1. The summed E-state index contributed by atoms with van der Waals surface area (Å²) in [7, 11) is 0. The van der Waals surface area contributed by atoms with Gasteiger partial charge < -0.3 is 10.6 Å². The highest BCUT2D eigenvalue weighted by Crippen LogP contribution is 2.33. The highest BCUT2D eigenvalue weighted by molar-refractivity contribution is 8.00. The van der Waals surface area contributed by atoms with E-state index in [0.29, 0.717) is 11.3 Å². The van der Waals surface area contributed by atoms with E-state index in [9.17, 15) is 0 Å². The molecule has 2 heterocycles. The molecule has 100 valence electrons. The van der Waals surface area contributed by atoms with E-state index < -0.39 is 0 Å². The van der Waals surface area contributed by atoms with E-state index in [0.717, 1.165) is 24.3 Å². The van der Waals surface area contributed by atoms with Crippen LogP contribution in [0.3, 0.4) is 0 Å². The van der Waals surface area contributed by atoms with Gasteiger partial charge in [0.2, 0.25) is 0 Å². The van der Waals surface area contributed by atoms with Gasteiger partial charge in [-0.15, -0.1) is 0 Å². The van der Waals surface area contributed by atoms with Crippen LogP contribution < -0.4 is 10.6 Å². The van der Waals surface area contributed by atoms with Gasteiger partial charge in [0.1, 0.15) is 0 Å². The van der Waals surface area contributed by atoms with Gasteiger partial charge in [0.25, 0.3) is 0 Å². The van der Waals surface area contributed by atoms with E-state index in [1.165, 1.54) is 17.9 Å². The van der Waals surface area contributed by atoms with Crippen molar-refractivity contribution >= 4 is 17.4 Å². The fourth-order valence-electron chi connectivity index (χ4n) is 2.29. The molecule has 2 rings (SSSR count). The van der Waals surface area contributed by atoms with Crippen molar-refractivity contribution in [2.24, 2.45) is 5.73 Å². The maximum atomic E-state index is 5.83. The smallest absolute Gasteiger partial charge is 0.0445 e. The average molecular weight is 265 g/mol. The molecule has 0 radical (unpaired) electrons. The second-order valence-electron chi connectivity index (χ2n) is 5.50. The quantitative estimate of drug-likeness (QED) is 0.892. The van der Waals surface area contributed by atoms with Gasteiger partial charge in [-0.1, -0.05) is 13.8 Å². The molecule has 4 heteroatoms. The van der Waals surface area contributed by atoms with E-state index in [1.54, 1.807) is 0 Å². The van der Waals surface area contributed by atoms with Gasteiger partial charge in [-0.25, -0.2) is 0 Å². The van der Waals surface area contributed by atoms with Gasteiger partial charge in [-0.05, 0) is 19.4 Å². The van der Waals surface area contributed by atoms with Crippen LogP contribution in [0.2, 0.25) is 0 Å². The third-order valence-electron chi connectivity index (χ3n) is 3.50. The second-order valence-corrected chi connectivity index (χ2v) is 7.31. The number of hydrogen-bond acceptors (Lipinski definition) is 4. The summed E-state index contributed by atoms with van der Waals surface area (Å²) < 4.78 is 0.389. The molecular weight excluding hydrogens is 242 g/mol. The SMILES string of the molecule is Cc1cc(N2CCSC(C)(C)CC2)c(CN)cn1. The first-order valence-corrected chi connectivity index (χ1v) is 7.55. The molecule has 0 aliphatic carbocycles. The first-order chi connectivity index (χ1) is 8.52. The Morgan fingerprint density at radius 2 is 2.22 bits per heavy atom. The fourth-order valence-corrected chi connectivity index (χ4v) is 3.39. The van der Waals surface area contributed by atoms with E-state index in [1.807, 2.05) is 13.1 Å². The van der Waals surface area contributed by atoms with Gasteiger partial charge in [-0.3, -0.25) is 4.98 Å². The largest absolute Gasteiger partial charge is 0.370 e. The summed E-state index contributed by atoms with van der Waals surface area (Å²) in [6.07, 6.45) is 3.14. The first kappa shape index (κ1) is 13.7. The van der Waals surface area contributed by atoms with Crippen molar-refractivity contribution in [1.29, 1.82) is 0 Å². The van der Waals surface area contributed by atoms with Crippen LogP contribution in [0, 0.1) is 6.92 Å². The number of aryl methyl sites for hydroxylation is 1. The van der Waals surface area contributed by atoms with E-state index in [4.69, 9.17) is 5.73 Å². The molecule has 0 aromatic carbocycles. The molecular formula is C14H23N3S. The molecule has 2 N–H and O–H groups in total. The third kappa shape index (κ3) is 3.18. The Kier molecular flexibility index (Phi) is 4.17. The number of nitrogens with zero attached hydrogens (tertiary/aromatic N) is 2. The number of hydrogen-bond donors (Lipinski definition) is 1. The van der Waals surface area contributed by atoms with Crippen LogP contribution in [0.25, 0.3) is 0 Å². The Hall–Kier alpha value is -0.740. The Morgan fingerprint density at radius 1 is 1.44 bits per heavy atom. The molecule has 1 saturated heterocycles. The van der Waals surface area contributed by atoms with Crippen molar-refractivity contribution in [1.82, 2.24) is 4.98 Å². The van der Waals surface area contributed by atoms with Gasteiger partial charge in [0.05, 0.1) is 0 Å². The molecule has 0 saturated carbocycles. The minimum absolute atomic E-state index is 0.389. The summed E-state index contributed by atoms with van der Waals surface area (Å²) in [5.74, 6) is 1.18. The molecule has 0 bridgehead atoms. The monoisotopic (exact) mass is 265 g/mol. The van der Waals surface area contributed by atoms with Crippen molar-refractivity contribution in [2.75, 3.05) is 23.7 Å². The van der Waals surface area contributed by atoms with Crippen molar-refractivity contribution in [2.45, 2.75) is 38.5 Å². The van der Waals surface area contributed by atoms with Crippen molar-refractivity contribution in [3.05, 3.63) is 23.5 Å². The summed E-state index contributed by atoms with van der Waals surface area (Å²) in [4.78, 5) is 6.82. The predicted octanol–water partition coefficient (Wildman–Crippen LogP) is 2.57. The molecule has 0 unspecified atom stereocenters. The van der Waals surface area contributed by atoms with Crippen LogP contribution in [0.4, 0.5) is 5.69 Å². The van der Waals surface area contributed by atoms with Gasteiger partial charge in [0.15, 0.2) is 0 Å². The van der Waals surface area contributed by atoms with Crippen molar-refractivity contribution in [3.8, 4) is 0 Å². The first-order valence-electron chi connectivity index (χ1n) is 6.56. The number of anilines is 1. The van der Waals surface area contributed by atoms with Gasteiger partial charge in [0, 0.05) is 53.3 Å². The minimum Gasteiger partial charge on any atom is -0.370 e. The van der Waals surface area contributed by atoms with Crippen LogP contribution in [0.15, 0.2) is 12.3 Å². The lowest BCUT2D eigenvalue weighted by Gasteiger charge is -2.26. The minimum atomic E-state index is 0.389. The molecule has 0 atom stereocenters. The van der Waals surface area contributed by atoms with Crippen LogP contribution in [-0.4, -0.2) is 28.6 Å². The molecule has 1 aliphatic rings. The highest BCUT2D eigenvalue weighted by Gasteiger charge is 2.24. The number of rotatable bonds is 2. The van der Waals surface area contributed by atoms with Crippen molar-refractivity contribution < 1.29 is 0 Å². The maximum Gasteiger partial charge on any atom is 0.0445 e. The van der Waals surface area contributed by atoms with E-state index in [2.05, 4.69) is 41.6 Å².